The van der Waals surface area contributed by atoms with Gasteiger partial charge in [0.2, 0.25) is 0 Å². The van der Waals surface area contributed by atoms with E-state index in [1.54, 1.807) is 0 Å². The van der Waals surface area contributed by atoms with Gasteiger partial charge in [-0.25, -0.2) is 0 Å². The molecule has 1 atom stereocenters. The van der Waals surface area contributed by atoms with Crippen LogP contribution in [0.25, 0.3) is 0 Å². The molecule has 0 amide bonds. The second-order valence-corrected chi connectivity index (χ2v) is 6.71. The van der Waals surface area contributed by atoms with Crippen molar-refractivity contribution in [3.8, 4) is 0 Å². The van der Waals surface area contributed by atoms with Gasteiger partial charge in [-0.1, -0.05) is 95.0 Å². The highest BCUT2D eigenvalue weighted by atomic mass is 16.3. The minimum absolute atomic E-state index is 0.191. The minimum atomic E-state index is 0.191. The van der Waals surface area contributed by atoms with Crippen molar-refractivity contribution in [2.24, 2.45) is 0 Å². The Kier molecular flexibility index (Phi) is 12.9. The molecule has 23 heavy (non-hydrogen) atoms. The molecule has 0 unspecified atom stereocenters. The van der Waals surface area contributed by atoms with Gasteiger partial charge in [-0.3, -0.25) is 0 Å². The molecule has 0 aromatic heterocycles. The van der Waals surface area contributed by atoms with Crippen LogP contribution in [0.15, 0.2) is 30.3 Å². The van der Waals surface area contributed by atoms with Gasteiger partial charge >= 0.3 is 0 Å². The molecule has 0 bridgehead atoms. The molecule has 0 saturated carbocycles. The van der Waals surface area contributed by atoms with Crippen molar-refractivity contribution < 1.29 is 5.11 Å². The Morgan fingerprint density at radius 2 is 1.39 bits per heavy atom. The highest BCUT2D eigenvalue weighted by molar-refractivity contribution is 5.15. The molecular formula is C21H37NO. The zero-order chi connectivity index (χ0) is 16.6. The van der Waals surface area contributed by atoms with Crippen LogP contribution in [-0.2, 0) is 6.42 Å². The van der Waals surface area contributed by atoms with Crippen molar-refractivity contribution in [3.63, 3.8) is 0 Å². The number of aliphatic hydroxyl groups is 1. The summed E-state index contributed by atoms with van der Waals surface area (Å²) in [6.45, 7) is 3.51. The topological polar surface area (TPSA) is 32.3 Å². The van der Waals surface area contributed by atoms with E-state index in [1.807, 2.05) is 6.07 Å². The molecule has 0 heterocycles. The van der Waals surface area contributed by atoms with Crippen molar-refractivity contribution in [1.82, 2.24) is 5.32 Å². The lowest BCUT2D eigenvalue weighted by Gasteiger charge is -2.16. The summed E-state index contributed by atoms with van der Waals surface area (Å²) in [7, 11) is 0. The summed E-state index contributed by atoms with van der Waals surface area (Å²) in [5.74, 6) is 0. The van der Waals surface area contributed by atoms with Crippen LogP contribution in [0, 0.1) is 0 Å². The summed E-state index contributed by atoms with van der Waals surface area (Å²) in [4.78, 5) is 0. The Bertz CT molecular complexity index is 352. The normalized spacial score (nSPS) is 12.4. The van der Waals surface area contributed by atoms with Crippen molar-refractivity contribution in [2.75, 3.05) is 13.2 Å². The number of nitrogens with one attached hydrogen (secondary N) is 1. The average molecular weight is 320 g/mol. The second-order valence-electron chi connectivity index (χ2n) is 6.71. The van der Waals surface area contributed by atoms with Crippen LogP contribution in [0.1, 0.15) is 76.7 Å². The van der Waals surface area contributed by atoms with Gasteiger partial charge in [0, 0.05) is 6.04 Å². The van der Waals surface area contributed by atoms with Crippen LogP contribution < -0.4 is 5.32 Å². The fourth-order valence-corrected chi connectivity index (χ4v) is 3.02. The third-order valence-corrected chi connectivity index (χ3v) is 4.51. The third kappa shape index (κ3) is 11.3. The van der Waals surface area contributed by atoms with E-state index in [0.29, 0.717) is 0 Å². The van der Waals surface area contributed by atoms with Gasteiger partial charge in [-0.15, -0.1) is 0 Å². The van der Waals surface area contributed by atoms with Crippen LogP contribution in [0.5, 0.6) is 0 Å². The molecule has 1 aromatic rings. The molecule has 2 N–H and O–H groups in total. The SMILES string of the molecule is CCCCCCCCCCCCN[C@H](CO)Cc1ccccc1. The first-order chi connectivity index (χ1) is 11.4. The minimum Gasteiger partial charge on any atom is -0.395 e. The molecule has 132 valence electrons. The Morgan fingerprint density at radius 3 is 1.96 bits per heavy atom. The largest absolute Gasteiger partial charge is 0.395 e. The number of hydrogen-bond donors (Lipinski definition) is 2. The zero-order valence-electron chi connectivity index (χ0n) is 15.1. The average Bonchev–Trinajstić information content (AvgIpc) is 2.59. The molecular weight excluding hydrogens is 282 g/mol. The first-order valence-corrected chi connectivity index (χ1v) is 9.75. The van der Waals surface area contributed by atoms with Crippen LogP contribution >= 0.6 is 0 Å². The maximum atomic E-state index is 9.49. The Hall–Kier alpha value is -0.860. The highest BCUT2D eigenvalue weighted by Crippen LogP contribution is 2.10. The van der Waals surface area contributed by atoms with Crippen LogP contribution in [0.2, 0.25) is 0 Å². The van der Waals surface area contributed by atoms with E-state index in [9.17, 15) is 5.11 Å². The fraction of sp³-hybridized carbons (Fsp3) is 0.714. The van der Waals surface area contributed by atoms with E-state index < -0.39 is 0 Å². The molecule has 0 spiro atoms. The molecule has 2 nitrogen and oxygen atoms in total. The van der Waals surface area contributed by atoms with E-state index in [2.05, 4.69) is 36.5 Å². The van der Waals surface area contributed by atoms with Crippen molar-refractivity contribution in [2.45, 2.75) is 83.6 Å². The van der Waals surface area contributed by atoms with Crippen LogP contribution in [0.4, 0.5) is 0 Å². The van der Waals surface area contributed by atoms with E-state index in [-0.39, 0.29) is 12.6 Å². The van der Waals surface area contributed by atoms with Gasteiger partial charge in [-0.2, -0.15) is 0 Å². The maximum absolute atomic E-state index is 9.49. The smallest absolute Gasteiger partial charge is 0.0587 e. The van der Waals surface area contributed by atoms with E-state index in [1.165, 1.54) is 69.8 Å². The first kappa shape index (κ1) is 20.2. The molecule has 0 aliphatic carbocycles. The second kappa shape index (κ2) is 14.7. The quantitative estimate of drug-likeness (QED) is 0.441. The molecule has 0 saturated heterocycles. The predicted molar refractivity (Wildman–Crippen MR) is 101 cm³/mol. The number of aliphatic hydroxyl groups excluding tert-OH is 1. The number of hydrogen-bond acceptors (Lipinski definition) is 2. The Balaban J connectivity index is 1.93. The van der Waals surface area contributed by atoms with Crippen molar-refractivity contribution in [3.05, 3.63) is 35.9 Å². The molecule has 0 radical (unpaired) electrons. The highest BCUT2D eigenvalue weighted by Gasteiger charge is 2.06. The van der Waals surface area contributed by atoms with Gasteiger partial charge in [0.25, 0.3) is 0 Å². The Morgan fingerprint density at radius 1 is 0.826 bits per heavy atom. The lowest BCUT2D eigenvalue weighted by atomic mass is 10.1. The summed E-state index contributed by atoms with van der Waals surface area (Å²) in [5.41, 5.74) is 1.29. The van der Waals surface area contributed by atoms with Crippen molar-refractivity contribution >= 4 is 0 Å². The molecule has 0 aliphatic rings. The summed E-state index contributed by atoms with van der Waals surface area (Å²) >= 11 is 0. The monoisotopic (exact) mass is 319 g/mol. The maximum Gasteiger partial charge on any atom is 0.0587 e. The summed E-state index contributed by atoms with van der Waals surface area (Å²) in [6.07, 6.45) is 14.6. The van der Waals surface area contributed by atoms with E-state index >= 15 is 0 Å². The molecule has 0 fully saturated rings. The van der Waals surface area contributed by atoms with Crippen LogP contribution in [0.3, 0.4) is 0 Å². The standard InChI is InChI=1S/C21H37NO/c1-2-3-4-5-6-7-8-9-10-14-17-22-21(19-23)18-20-15-12-11-13-16-20/h11-13,15-16,21-23H,2-10,14,17-19H2,1H3/t21-/m0/s1. The van der Waals surface area contributed by atoms with E-state index in [0.717, 1.165) is 13.0 Å². The fourth-order valence-electron chi connectivity index (χ4n) is 3.02. The van der Waals surface area contributed by atoms with Gasteiger partial charge in [-0.05, 0) is 24.9 Å². The lowest BCUT2D eigenvalue weighted by molar-refractivity contribution is 0.241. The Labute approximate surface area is 143 Å². The van der Waals surface area contributed by atoms with Crippen molar-refractivity contribution in [1.29, 1.82) is 0 Å². The summed E-state index contributed by atoms with van der Waals surface area (Å²) in [6, 6.07) is 10.6. The van der Waals surface area contributed by atoms with Gasteiger partial charge in [0.05, 0.1) is 6.61 Å². The van der Waals surface area contributed by atoms with Gasteiger partial charge < -0.3 is 10.4 Å². The lowest BCUT2D eigenvalue weighted by Crippen LogP contribution is -2.35. The van der Waals surface area contributed by atoms with E-state index in [4.69, 9.17) is 0 Å². The predicted octanol–water partition coefficient (Wildman–Crippen LogP) is 5.10. The number of benzene rings is 1. The number of rotatable bonds is 15. The first-order valence-electron chi connectivity index (χ1n) is 9.75. The van der Waals surface area contributed by atoms with Gasteiger partial charge in [0.15, 0.2) is 0 Å². The molecule has 0 aliphatic heterocycles. The third-order valence-electron chi connectivity index (χ3n) is 4.51. The van der Waals surface area contributed by atoms with Crippen LogP contribution in [-0.4, -0.2) is 24.3 Å². The summed E-state index contributed by atoms with van der Waals surface area (Å²) in [5, 5.41) is 13.0. The summed E-state index contributed by atoms with van der Waals surface area (Å²) < 4.78 is 0. The number of unbranched alkanes of at least 4 members (excludes halogenated alkanes) is 9. The molecule has 2 heteroatoms. The molecule has 1 rings (SSSR count). The molecule has 1 aromatic carbocycles. The van der Waals surface area contributed by atoms with Gasteiger partial charge in [0.1, 0.15) is 0 Å². The zero-order valence-corrected chi connectivity index (χ0v) is 15.1.